The van der Waals surface area contributed by atoms with Crippen LogP contribution in [0.2, 0.25) is 0 Å². The Labute approximate surface area is 126 Å². The van der Waals surface area contributed by atoms with Crippen LogP contribution in [-0.4, -0.2) is 16.1 Å². The van der Waals surface area contributed by atoms with E-state index in [1.807, 2.05) is 25.1 Å². The number of benzene rings is 1. The van der Waals surface area contributed by atoms with Gasteiger partial charge in [0.2, 0.25) is 11.8 Å². The molecule has 1 N–H and O–H groups in total. The molecule has 0 saturated carbocycles. The molecule has 2 rings (SSSR count). The van der Waals surface area contributed by atoms with E-state index in [2.05, 4.69) is 15.3 Å². The van der Waals surface area contributed by atoms with Crippen LogP contribution in [0.5, 0.6) is 5.88 Å². The Morgan fingerprint density at radius 1 is 1.18 bits per heavy atom. The molecule has 0 bridgehead atoms. The fourth-order valence-corrected chi connectivity index (χ4v) is 1.77. The molecule has 0 amide bonds. The fourth-order valence-electron chi connectivity index (χ4n) is 1.77. The SMILES string of the molecule is Cc1ccccc1Nc1ncc(C(F)(F)F)c(OC(C)C)n1. The topological polar surface area (TPSA) is 47.0 Å². The van der Waals surface area contributed by atoms with E-state index in [-0.39, 0.29) is 5.95 Å². The predicted octanol–water partition coefficient (Wildman–Crippen LogP) is 4.33. The second-order valence-corrected chi connectivity index (χ2v) is 5.02. The van der Waals surface area contributed by atoms with Gasteiger partial charge in [-0.1, -0.05) is 18.2 Å². The van der Waals surface area contributed by atoms with Crippen molar-refractivity contribution in [3.63, 3.8) is 0 Å². The van der Waals surface area contributed by atoms with E-state index in [0.717, 1.165) is 17.4 Å². The highest BCUT2D eigenvalue weighted by atomic mass is 19.4. The van der Waals surface area contributed by atoms with E-state index in [0.29, 0.717) is 0 Å². The van der Waals surface area contributed by atoms with Gasteiger partial charge in [-0.3, -0.25) is 0 Å². The second kappa shape index (κ2) is 6.21. The summed E-state index contributed by atoms with van der Waals surface area (Å²) < 4.78 is 44.0. The zero-order chi connectivity index (χ0) is 16.3. The molecular formula is C15H16F3N3O. The van der Waals surface area contributed by atoms with Crippen LogP contribution in [0.3, 0.4) is 0 Å². The normalized spacial score (nSPS) is 11.6. The third-order valence-electron chi connectivity index (χ3n) is 2.80. The molecule has 1 aromatic heterocycles. The largest absolute Gasteiger partial charge is 0.474 e. The van der Waals surface area contributed by atoms with Crippen molar-refractivity contribution in [3.8, 4) is 5.88 Å². The molecule has 0 spiro atoms. The van der Waals surface area contributed by atoms with Gasteiger partial charge in [0.15, 0.2) is 0 Å². The summed E-state index contributed by atoms with van der Waals surface area (Å²) in [6, 6.07) is 7.34. The summed E-state index contributed by atoms with van der Waals surface area (Å²) in [5.74, 6) is -0.425. The number of nitrogens with one attached hydrogen (secondary N) is 1. The number of rotatable bonds is 4. The third kappa shape index (κ3) is 3.87. The Hall–Kier alpha value is -2.31. The second-order valence-electron chi connectivity index (χ2n) is 5.02. The smallest absolute Gasteiger partial charge is 0.423 e. The number of aromatic nitrogens is 2. The number of halogens is 3. The van der Waals surface area contributed by atoms with E-state index >= 15 is 0 Å². The third-order valence-corrected chi connectivity index (χ3v) is 2.80. The molecule has 4 nitrogen and oxygen atoms in total. The van der Waals surface area contributed by atoms with Crippen molar-refractivity contribution in [2.45, 2.75) is 33.1 Å². The number of ether oxygens (including phenoxy) is 1. The number of hydrogen-bond acceptors (Lipinski definition) is 4. The lowest BCUT2D eigenvalue weighted by Gasteiger charge is -2.16. The van der Waals surface area contributed by atoms with Crippen molar-refractivity contribution in [1.29, 1.82) is 0 Å². The van der Waals surface area contributed by atoms with Crippen LogP contribution >= 0.6 is 0 Å². The first-order valence-corrected chi connectivity index (χ1v) is 6.71. The van der Waals surface area contributed by atoms with Crippen molar-refractivity contribution in [2.75, 3.05) is 5.32 Å². The van der Waals surface area contributed by atoms with Gasteiger partial charge in [0.1, 0.15) is 5.56 Å². The zero-order valence-electron chi connectivity index (χ0n) is 12.4. The summed E-state index contributed by atoms with van der Waals surface area (Å²) in [4.78, 5) is 7.58. The van der Waals surface area contributed by atoms with Crippen LogP contribution in [0.4, 0.5) is 24.8 Å². The Kier molecular flexibility index (Phi) is 4.54. The molecule has 1 heterocycles. The molecule has 7 heteroatoms. The lowest BCUT2D eigenvalue weighted by molar-refractivity contribution is -0.139. The van der Waals surface area contributed by atoms with Crippen LogP contribution in [0.1, 0.15) is 25.0 Å². The molecule has 0 radical (unpaired) electrons. The predicted molar refractivity (Wildman–Crippen MR) is 77.3 cm³/mol. The maximum atomic E-state index is 12.9. The number of aryl methyl sites for hydroxylation is 1. The molecule has 0 atom stereocenters. The maximum absolute atomic E-state index is 12.9. The summed E-state index contributed by atoms with van der Waals surface area (Å²) >= 11 is 0. The zero-order valence-corrected chi connectivity index (χ0v) is 12.4. The maximum Gasteiger partial charge on any atom is 0.423 e. The van der Waals surface area contributed by atoms with Crippen LogP contribution in [0.25, 0.3) is 0 Å². The standard InChI is InChI=1S/C15H16F3N3O/c1-9(2)22-13-11(15(16,17)18)8-19-14(21-13)20-12-7-5-4-6-10(12)3/h4-9H,1-3H3,(H,19,20,21). The van der Waals surface area contributed by atoms with Gasteiger partial charge < -0.3 is 10.1 Å². The number of alkyl halides is 3. The molecule has 22 heavy (non-hydrogen) atoms. The minimum atomic E-state index is -4.56. The van der Waals surface area contributed by atoms with E-state index in [1.165, 1.54) is 0 Å². The molecule has 118 valence electrons. The lowest BCUT2D eigenvalue weighted by atomic mass is 10.2. The Balaban J connectivity index is 2.36. The molecule has 0 aliphatic rings. The first-order chi connectivity index (χ1) is 10.3. The Morgan fingerprint density at radius 2 is 1.86 bits per heavy atom. The van der Waals surface area contributed by atoms with Gasteiger partial charge in [-0.15, -0.1) is 0 Å². The van der Waals surface area contributed by atoms with Gasteiger partial charge in [0, 0.05) is 11.9 Å². The summed E-state index contributed by atoms with van der Waals surface area (Å²) in [6.45, 7) is 5.14. The van der Waals surface area contributed by atoms with Crippen LogP contribution in [0, 0.1) is 6.92 Å². The summed E-state index contributed by atoms with van der Waals surface area (Å²) in [6.07, 6.45) is -4.26. The van der Waals surface area contributed by atoms with Crippen molar-refractivity contribution in [2.24, 2.45) is 0 Å². The minimum Gasteiger partial charge on any atom is -0.474 e. The minimum absolute atomic E-state index is 0.0537. The quantitative estimate of drug-likeness (QED) is 0.912. The van der Waals surface area contributed by atoms with Gasteiger partial charge in [-0.05, 0) is 32.4 Å². The van der Waals surface area contributed by atoms with Crippen molar-refractivity contribution < 1.29 is 17.9 Å². The molecule has 0 saturated heterocycles. The number of anilines is 2. The molecule has 1 aromatic carbocycles. The fraction of sp³-hybridized carbons (Fsp3) is 0.333. The molecular weight excluding hydrogens is 295 g/mol. The highest BCUT2D eigenvalue weighted by Gasteiger charge is 2.36. The number of nitrogens with zero attached hydrogens (tertiary/aromatic N) is 2. The van der Waals surface area contributed by atoms with E-state index < -0.39 is 23.7 Å². The number of hydrogen-bond donors (Lipinski definition) is 1. The van der Waals surface area contributed by atoms with E-state index in [9.17, 15) is 13.2 Å². The van der Waals surface area contributed by atoms with Gasteiger partial charge in [0.25, 0.3) is 0 Å². The van der Waals surface area contributed by atoms with Crippen molar-refractivity contribution in [1.82, 2.24) is 9.97 Å². The van der Waals surface area contributed by atoms with Gasteiger partial charge >= 0.3 is 6.18 Å². The first-order valence-electron chi connectivity index (χ1n) is 6.71. The summed E-state index contributed by atoms with van der Waals surface area (Å²) in [7, 11) is 0. The summed E-state index contributed by atoms with van der Waals surface area (Å²) in [5.41, 5.74) is 0.659. The highest BCUT2D eigenvalue weighted by Crippen LogP contribution is 2.35. The first kappa shape index (κ1) is 16.1. The van der Waals surface area contributed by atoms with Crippen LogP contribution < -0.4 is 10.1 Å². The van der Waals surface area contributed by atoms with E-state index in [1.54, 1.807) is 19.9 Å². The lowest BCUT2D eigenvalue weighted by Crippen LogP contribution is -2.15. The Morgan fingerprint density at radius 3 is 2.45 bits per heavy atom. The molecule has 0 fully saturated rings. The van der Waals surface area contributed by atoms with Crippen molar-refractivity contribution >= 4 is 11.6 Å². The van der Waals surface area contributed by atoms with Crippen LogP contribution in [-0.2, 0) is 6.18 Å². The summed E-state index contributed by atoms with van der Waals surface area (Å²) in [5, 5.41) is 2.89. The molecule has 0 unspecified atom stereocenters. The van der Waals surface area contributed by atoms with E-state index in [4.69, 9.17) is 4.74 Å². The molecule has 0 aliphatic heterocycles. The van der Waals surface area contributed by atoms with Gasteiger partial charge in [-0.2, -0.15) is 18.2 Å². The average Bonchev–Trinajstić information content (AvgIpc) is 2.39. The van der Waals surface area contributed by atoms with Gasteiger partial charge in [0.05, 0.1) is 6.10 Å². The number of para-hydroxylation sites is 1. The van der Waals surface area contributed by atoms with Crippen molar-refractivity contribution in [3.05, 3.63) is 41.6 Å². The molecule has 0 aliphatic carbocycles. The average molecular weight is 311 g/mol. The Bertz CT molecular complexity index is 657. The molecule has 2 aromatic rings. The van der Waals surface area contributed by atoms with Crippen LogP contribution in [0.15, 0.2) is 30.5 Å². The monoisotopic (exact) mass is 311 g/mol. The highest BCUT2D eigenvalue weighted by molar-refractivity contribution is 5.58. The van der Waals surface area contributed by atoms with Gasteiger partial charge in [-0.25, -0.2) is 4.98 Å².